The highest BCUT2D eigenvalue weighted by Gasteiger charge is 1.99. The lowest BCUT2D eigenvalue weighted by Crippen LogP contribution is -1.87. The average Bonchev–Trinajstić information content (AvgIpc) is 2.26. The first-order valence-corrected chi connectivity index (χ1v) is 4.96. The molecular formula is C13H11ClN2. The third kappa shape index (κ3) is 1.72. The summed E-state index contributed by atoms with van der Waals surface area (Å²) < 4.78 is 0. The first kappa shape index (κ1) is 10.8. The van der Waals surface area contributed by atoms with E-state index in [0.29, 0.717) is 0 Å². The zero-order valence-electron chi connectivity index (χ0n) is 8.84. The molecule has 1 heterocycles. The maximum absolute atomic E-state index is 4.58. The van der Waals surface area contributed by atoms with Gasteiger partial charge >= 0.3 is 0 Å². The van der Waals surface area contributed by atoms with E-state index in [-0.39, 0.29) is 12.4 Å². The summed E-state index contributed by atoms with van der Waals surface area (Å²) in [6.45, 7) is 2.07. The summed E-state index contributed by atoms with van der Waals surface area (Å²) in [6, 6.07) is 14.1. The highest BCUT2D eigenvalue weighted by molar-refractivity contribution is 5.86. The Balaban J connectivity index is 0.000000963. The van der Waals surface area contributed by atoms with Crippen LogP contribution in [0.5, 0.6) is 0 Å². The van der Waals surface area contributed by atoms with Crippen LogP contribution in [-0.4, -0.2) is 9.97 Å². The van der Waals surface area contributed by atoms with Crippen LogP contribution < -0.4 is 0 Å². The van der Waals surface area contributed by atoms with Crippen LogP contribution >= 0.6 is 12.4 Å². The third-order valence-corrected chi connectivity index (χ3v) is 2.49. The van der Waals surface area contributed by atoms with Crippen LogP contribution in [0.1, 0.15) is 5.56 Å². The van der Waals surface area contributed by atoms with Crippen molar-refractivity contribution in [1.82, 2.24) is 9.97 Å². The minimum atomic E-state index is 0. The molecule has 0 spiro atoms. The number of benzene rings is 2. The van der Waals surface area contributed by atoms with Crippen molar-refractivity contribution in [1.29, 1.82) is 0 Å². The molecule has 80 valence electrons. The van der Waals surface area contributed by atoms with Gasteiger partial charge in [0.05, 0.1) is 22.1 Å². The molecule has 0 amide bonds. The van der Waals surface area contributed by atoms with Crippen LogP contribution in [0.15, 0.2) is 42.5 Å². The van der Waals surface area contributed by atoms with Crippen molar-refractivity contribution < 1.29 is 0 Å². The van der Waals surface area contributed by atoms with E-state index in [1.807, 2.05) is 30.3 Å². The van der Waals surface area contributed by atoms with Crippen molar-refractivity contribution in [3.8, 4) is 0 Å². The molecular weight excluding hydrogens is 220 g/mol. The Morgan fingerprint density at radius 2 is 1.31 bits per heavy atom. The number of hydrogen-bond donors (Lipinski definition) is 0. The number of halogens is 1. The summed E-state index contributed by atoms with van der Waals surface area (Å²) in [5, 5.41) is 0. The third-order valence-electron chi connectivity index (χ3n) is 2.49. The van der Waals surface area contributed by atoms with Gasteiger partial charge in [-0.1, -0.05) is 18.2 Å². The van der Waals surface area contributed by atoms with Crippen LogP contribution in [-0.2, 0) is 0 Å². The molecule has 0 fully saturated rings. The molecule has 3 aromatic rings. The van der Waals surface area contributed by atoms with Crippen molar-refractivity contribution >= 4 is 34.5 Å². The number of nitrogens with zero attached hydrogens (tertiary/aromatic N) is 2. The predicted molar refractivity (Wildman–Crippen MR) is 69.0 cm³/mol. The van der Waals surface area contributed by atoms with Gasteiger partial charge in [-0.2, -0.15) is 0 Å². The average molecular weight is 231 g/mol. The lowest BCUT2D eigenvalue weighted by atomic mass is 10.2. The number of hydrogen-bond acceptors (Lipinski definition) is 2. The molecule has 0 aliphatic rings. The molecule has 3 heteroatoms. The number of rotatable bonds is 0. The van der Waals surface area contributed by atoms with Crippen LogP contribution in [0.3, 0.4) is 0 Å². The van der Waals surface area contributed by atoms with Crippen LogP contribution in [0, 0.1) is 6.92 Å². The maximum atomic E-state index is 4.58. The normalized spacial score (nSPS) is 10.3. The molecule has 0 radical (unpaired) electrons. The van der Waals surface area contributed by atoms with Crippen LogP contribution in [0.4, 0.5) is 0 Å². The summed E-state index contributed by atoms with van der Waals surface area (Å²) in [5.41, 5.74) is 5.05. The van der Waals surface area contributed by atoms with Crippen molar-refractivity contribution in [2.75, 3.05) is 0 Å². The van der Waals surface area contributed by atoms with Crippen molar-refractivity contribution in [3.05, 3.63) is 48.0 Å². The molecule has 3 rings (SSSR count). The first-order chi connectivity index (χ1) is 7.33. The smallest absolute Gasteiger partial charge is 0.0897 e. The number of fused-ring (bicyclic) bond motifs is 2. The van der Waals surface area contributed by atoms with Crippen molar-refractivity contribution in [2.24, 2.45) is 0 Å². The van der Waals surface area contributed by atoms with Gasteiger partial charge in [-0.25, -0.2) is 9.97 Å². The second kappa shape index (κ2) is 4.06. The number of aryl methyl sites for hydroxylation is 1. The molecule has 2 aromatic carbocycles. The second-order valence-corrected chi connectivity index (χ2v) is 3.70. The van der Waals surface area contributed by atoms with E-state index in [1.54, 1.807) is 0 Å². The fourth-order valence-corrected chi connectivity index (χ4v) is 1.73. The number of aromatic nitrogens is 2. The molecule has 0 aliphatic heterocycles. The topological polar surface area (TPSA) is 25.8 Å². The second-order valence-electron chi connectivity index (χ2n) is 3.70. The van der Waals surface area contributed by atoms with Crippen LogP contribution in [0.2, 0.25) is 0 Å². The van der Waals surface area contributed by atoms with Gasteiger partial charge in [0.1, 0.15) is 0 Å². The molecule has 0 unspecified atom stereocenters. The lowest BCUT2D eigenvalue weighted by Gasteiger charge is -2.00. The molecule has 16 heavy (non-hydrogen) atoms. The molecule has 0 N–H and O–H groups in total. The Bertz CT molecular complexity index is 650. The standard InChI is InChI=1S/C13H10N2.ClH/c1-9-6-7-12-13(8-9)15-11-5-3-2-4-10(11)14-12;/h2-8H,1H3;1H. The Morgan fingerprint density at radius 3 is 2.00 bits per heavy atom. The fraction of sp³-hybridized carbons (Fsp3) is 0.0769. The van der Waals surface area contributed by atoms with Gasteiger partial charge in [-0.3, -0.25) is 0 Å². The zero-order chi connectivity index (χ0) is 10.3. The van der Waals surface area contributed by atoms with Crippen molar-refractivity contribution in [2.45, 2.75) is 6.92 Å². The number of para-hydroxylation sites is 2. The van der Waals surface area contributed by atoms with Gasteiger partial charge in [0, 0.05) is 0 Å². The van der Waals surface area contributed by atoms with Crippen molar-refractivity contribution in [3.63, 3.8) is 0 Å². The van der Waals surface area contributed by atoms with E-state index in [1.165, 1.54) is 5.56 Å². The molecule has 0 saturated heterocycles. The molecule has 2 nitrogen and oxygen atoms in total. The van der Waals surface area contributed by atoms with E-state index < -0.39 is 0 Å². The minimum Gasteiger partial charge on any atom is -0.245 e. The Kier molecular flexibility index (Phi) is 2.75. The van der Waals surface area contributed by atoms with Gasteiger partial charge < -0.3 is 0 Å². The highest BCUT2D eigenvalue weighted by Crippen LogP contribution is 2.16. The monoisotopic (exact) mass is 230 g/mol. The van der Waals surface area contributed by atoms with E-state index in [4.69, 9.17) is 0 Å². The Labute approximate surface area is 99.8 Å². The van der Waals surface area contributed by atoms with Gasteiger partial charge in [0.25, 0.3) is 0 Å². The quantitative estimate of drug-likeness (QED) is 0.553. The largest absolute Gasteiger partial charge is 0.245 e. The zero-order valence-corrected chi connectivity index (χ0v) is 9.66. The molecule has 0 atom stereocenters. The minimum absolute atomic E-state index is 0. The molecule has 0 bridgehead atoms. The van der Waals surface area contributed by atoms with Gasteiger partial charge in [-0.15, -0.1) is 12.4 Å². The summed E-state index contributed by atoms with van der Waals surface area (Å²) in [5.74, 6) is 0. The summed E-state index contributed by atoms with van der Waals surface area (Å²) in [6.07, 6.45) is 0. The lowest BCUT2D eigenvalue weighted by molar-refractivity contribution is 1.37. The van der Waals surface area contributed by atoms with Gasteiger partial charge in [0.15, 0.2) is 0 Å². The summed E-state index contributed by atoms with van der Waals surface area (Å²) in [7, 11) is 0. The Hall–Kier alpha value is -1.67. The van der Waals surface area contributed by atoms with Gasteiger partial charge in [0.2, 0.25) is 0 Å². The van der Waals surface area contributed by atoms with Crippen LogP contribution in [0.25, 0.3) is 22.1 Å². The van der Waals surface area contributed by atoms with E-state index in [9.17, 15) is 0 Å². The summed E-state index contributed by atoms with van der Waals surface area (Å²) in [4.78, 5) is 9.13. The fourth-order valence-electron chi connectivity index (χ4n) is 1.73. The predicted octanol–water partition coefficient (Wildman–Crippen LogP) is 3.51. The molecule has 0 aliphatic carbocycles. The highest BCUT2D eigenvalue weighted by atomic mass is 35.5. The van der Waals surface area contributed by atoms with E-state index in [2.05, 4.69) is 29.0 Å². The van der Waals surface area contributed by atoms with E-state index in [0.717, 1.165) is 22.1 Å². The van der Waals surface area contributed by atoms with E-state index >= 15 is 0 Å². The molecule has 1 aromatic heterocycles. The first-order valence-electron chi connectivity index (χ1n) is 4.96. The SMILES string of the molecule is Cc1ccc2nc3ccccc3nc2c1.Cl. The molecule has 0 saturated carbocycles. The summed E-state index contributed by atoms with van der Waals surface area (Å²) >= 11 is 0. The Morgan fingerprint density at radius 1 is 0.750 bits per heavy atom. The van der Waals surface area contributed by atoms with Gasteiger partial charge in [-0.05, 0) is 36.8 Å². The maximum Gasteiger partial charge on any atom is 0.0897 e.